The number of anilines is 2. The molecule has 120 valence electrons. The Morgan fingerprint density at radius 2 is 1.90 bits per heavy atom. The van der Waals surface area contributed by atoms with Crippen LogP contribution in [0.4, 0.5) is 17.1 Å². The van der Waals surface area contributed by atoms with Crippen LogP contribution >= 0.6 is 0 Å². The number of nitro benzene ring substituents is 1. The van der Waals surface area contributed by atoms with Crippen molar-refractivity contribution in [1.82, 2.24) is 0 Å². The second-order valence-corrected chi connectivity index (χ2v) is 5.89. The second kappa shape index (κ2) is 8.46. The largest absolute Gasteiger partial charge is 0.399 e. The van der Waals surface area contributed by atoms with Crippen LogP contribution < -0.4 is 11.5 Å². The molecule has 1 aromatic rings. The number of hydrogen-bond donors (Lipinski definition) is 2. The molecule has 0 radical (unpaired) electrons. The lowest BCUT2D eigenvalue weighted by molar-refractivity contribution is -0.383. The van der Waals surface area contributed by atoms with Crippen molar-refractivity contribution in [3.05, 3.63) is 28.3 Å². The van der Waals surface area contributed by atoms with Gasteiger partial charge in [0.2, 0.25) is 0 Å². The van der Waals surface area contributed by atoms with Gasteiger partial charge in [0.15, 0.2) is 0 Å². The van der Waals surface area contributed by atoms with Crippen LogP contribution in [-0.4, -0.2) is 17.1 Å². The van der Waals surface area contributed by atoms with Crippen molar-refractivity contribution in [2.75, 3.05) is 18.1 Å². The van der Waals surface area contributed by atoms with E-state index in [1.165, 1.54) is 18.2 Å². The summed E-state index contributed by atoms with van der Waals surface area (Å²) in [7, 11) is 0. The number of benzene rings is 1. The molecule has 0 atom stereocenters. The third-order valence-electron chi connectivity index (χ3n) is 2.91. The number of nitro groups is 1. The van der Waals surface area contributed by atoms with Gasteiger partial charge in [0.25, 0.3) is 5.69 Å². The average molecular weight is 297 g/mol. The summed E-state index contributed by atoms with van der Waals surface area (Å²) >= 11 is 0. The van der Waals surface area contributed by atoms with Gasteiger partial charge in [-0.2, -0.15) is 0 Å². The van der Waals surface area contributed by atoms with Crippen LogP contribution in [0.3, 0.4) is 0 Å². The molecule has 0 aliphatic heterocycles. The summed E-state index contributed by atoms with van der Waals surface area (Å²) in [5, 5.41) is 10.2. The van der Waals surface area contributed by atoms with E-state index in [0.29, 0.717) is 11.6 Å². The molecule has 21 heavy (non-hydrogen) atoms. The second-order valence-electron chi connectivity index (χ2n) is 5.89. The monoisotopic (exact) mass is 297 g/mol. The molecular formula is C15H27N3O3. The summed E-state index contributed by atoms with van der Waals surface area (Å²) < 4.78 is 5.64. The Labute approximate surface area is 126 Å². The quantitative estimate of drug-likeness (QED) is 0.491. The van der Waals surface area contributed by atoms with Crippen molar-refractivity contribution in [2.24, 2.45) is 5.92 Å². The number of rotatable bonds is 5. The molecule has 0 amide bonds. The number of hydrogen-bond acceptors (Lipinski definition) is 5. The van der Waals surface area contributed by atoms with Gasteiger partial charge in [0.05, 0.1) is 10.5 Å². The van der Waals surface area contributed by atoms with Gasteiger partial charge in [-0.15, -0.1) is 0 Å². The van der Waals surface area contributed by atoms with Gasteiger partial charge in [0.1, 0.15) is 5.69 Å². The Balaban J connectivity index is 0.000000384. The minimum absolute atomic E-state index is 0.0737. The van der Waals surface area contributed by atoms with E-state index in [2.05, 4.69) is 34.6 Å². The van der Waals surface area contributed by atoms with Crippen molar-refractivity contribution in [3.8, 4) is 0 Å². The molecule has 6 nitrogen and oxygen atoms in total. The summed E-state index contributed by atoms with van der Waals surface area (Å²) in [6, 6.07) is 4.16. The Morgan fingerprint density at radius 3 is 2.29 bits per heavy atom. The van der Waals surface area contributed by atoms with Crippen LogP contribution in [0, 0.1) is 16.0 Å². The predicted octanol–water partition coefficient (Wildman–Crippen LogP) is 3.61. The summed E-state index contributed by atoms with van der Waals surface area (Å²) in [6.07, 6.45) is 1.08. The van der Waals surface area contributed by atoms with Gasteiger partial charge >= 0.3 is 0 Å². The highest BCUT2D eigenvalue weighted by molar-refractivity contribution is 5.63. The Morgan fingerprint density at radius 1 is 1.33 bits per heavy atom. The van der Waals surface area contributed by atoms with E-state index in [1.807, 2.05) is 0 Å². The molecule has 1 aromatic carbocycles. The molecule has 4 N–H and O–H groups in total. The lowest BCUT2D eigenvalue weighted by Gasteiger charge is -2.24. The summed E-state index contributed by atoms with van der Waals surface area (Å²) in [6.45, 7) is 11.6. The van der Waals surface area contributed by atoms with Crippen molar-refractivity contribution in [3.63, 3.8) is 0 Å². The van der Waals surface area contributed by atoms with Crippen LogP contribution in [0.1, 0.15) is 41.0 Å². The SMILES string of the molecule is CCC(C)(C)OCC(C)C.Nc1ccc(N)c([N+](=O)[O-])c1. The van der Waals surface area contributed by atoms with Gasteiger partial charge in [-0.3, -0.25) is 10.1 Å². The lowest BCUT2D eigenvalue weighted by Crippen LogP contribution is -2.25. The van der Waals surface area contributed by atoms with Gasteiger partial charge in [0, 0.05) is 18.4 Å². The average Bonchev–Trinajstić information content (AvgIpc) is 2.40. The highest BCUT2D eigenvalue weighted by Crippen LogP contribution is 2.22. The Hall–Kier alpha value is -1.82. The zero-order chi connectivity index (χ0) is 16.6. The van der Waals surface area contributed by atoms with E-state index in [-0.39, 0.29) is 17.0 Å². The zero-order valence-corrected chi connectivity index (χ0v) is 13.6. The molecule has 0 unspecified atom stereocenters. The summed E-state index contributed by atoms with van der Waals surface area (Å²) in [5.41, 5.74) is 11.0. The topological polar surface area (TPSA) is 104 Å². The number of nitrogen functional groups attached to an aromatic ring is 2. The van der Waals surface area contributed by atoms with Gasteiger partial charge in [-0.05, 0) is 38.3 Å². The standard InChI is InChI=1S/C9H20O.C6H7N3O2/c1-6-9(4,5)10-7-8(2)3;7-4-1-2-5(8)6(3-4)9(10)11/h8H,6-7H2,1-5H3;1-3H,7-8H2. The van der Waals surface area contributed by atoms with Gasteiger partial charge in [-0.1, -0.05) is 20.8 Å². The Kier molecular flexibility index (Phi) is 7.73. The van der Waals surface area contributed by atoms with Gasteiger partial charge < -0.3 is 16.2 Å². The molecule has 0 heterocycles. The smallest absolute Gasteiger partial charge is 0.294 e. The fourth-order valence-corrected chi connectivity index (χ4v) is 1.21. The highest BCUT2D eigenvalue weighted by atomic mass is 16.6. The maximum atomic E-state index is 10.2. The third kappa shape index (κ3) is 8.14. The van der Waals surface area contributed by atoms with E-state index in [0.717, 1.165) is 13.0 Å². The minimum atomic E-state index is -0.564. The molecule has 0 spiro atoms. The molecule has 0 fully saturated rings. The zero-order valence-electron chi connectivity index (χ0n) is 13.6. The van der Waals surface area contributed by atoms with E-state index in [4.69, 9.17) is 16.2 Å². The Bertz CT molecular complexity index is 459. The van der Waals surface area contributed by atoms with Crippen molar-refractivity contribution >= 4 is 17.1 Å². The van der Waals surface area contributed by atoms with Crippen LogP contribution in [-0.2, 0) is 4.74 Å². The number of nitrogens with zero attached hydrogens (tertiary/aromatic N) is 1. The normalized spacial score (nSPS) is 11.0. The molecular weight excluding hydrogens is 270 g/mol. The van der Waals surface area contributed by atoms with Crippen LogP contribution in [0.25, 0.3) is 0 Å². The van der Waals surface area contributed by atoms with Crippen molar-refractivity contribution < 1.29 is 9.66 Å². The molecule has 1 rings (SSSR count). The highest BCUT2D eigenvalue weighted by Gasteiger charge is 2.15. The molecule has 0 saturated heterocycles. The maximum absolute atomic E-state index is 10.2. The number of ether oxygens (including phenoxy) is 1. The van der Waals surface area contributed by atoms with Crippen LogP contribution in [0.5, 0.6) is 0 Å². The maximum Gasteiger partial charge on any atom is 0.294 e. The first-order valence-electron chi connectivity index (χ1n) is 7.02. The van der Waals surface area contributed by atoms with Crippen molar-refractivity contribution in [2.45, 2.75) is 46.6 Å². The fourth-order valence-electron chi connectivity index (χ4n) is 1.21. The summed E-state index contributed by atoms with van der Waals surface area (Å²) in [4.78, 5) is 9.68. The van der Waals surface area contributed by atoms with E-state index in [1.54, 1.807) is 0 Å². The van der Waals surface area contributed by atoms with Crippen LogP contribution in [0.2, 0.25) is 0 Å². The molecule has 0 aliphatic carbocycles. The first kappa shape index (κ1) is 19.2. The first-order valence-corrected chi connectivity index (χ1v) is 7.02. The van der Waals surface area contributed by atoms with E-state index >= 15 is 0 Å². The fraction of sp³-hybridized carbons (Fsp3) is 0.600. The van der Waals surface area contributed by atoms with Crippen LogP contribution in [0.15, 0.2) is 18.2 Å². The predicted molar refractivity (Wildman–Crippen MR) is 87.1 cm³/mol. The molecule has 0 aliphatic rings. The molecule has 0 aromatic heterocycles. The minimum Gasteiger partial charge on any atom is -0.399 e. The molecule has 0 saturated carbocycles. The third-order valence-corrected chi connectivity index (χ3v) is 2.91. The lowest BCUT2D eigenvalue weighted by atomic mass is 10.1. The molecule has 6 heteroatoms. The number of nitrogens with two attached hydrogens (primary N) is 2. The molecule has 0 bridgehead atoms. The first-order chi connectivity index (χ1) is 9.59. The van der Waals surface area contributed by atoms with E-state index < -0.39 is 4.92 Å². The summed E-state index contributed by atoms with van der Waals surface area (Å²) in [5.74, 6) is 0.644. The van der Waals surface area contributed by atoms with Gasteiger partial charge in [-0.25, -0.2) is 0 Å². The van der Waals surface area contributed by atoms with Crippen molar-refractivity contribution in [1.29, 1.82) is 0 Å². The van der Waals surface area contributed by atoms with E-state index in [9.17, 15) is 10.1 Å².